The third kappa shape index (κ3) is 5.17. The second-order valence-electron chi connectivity index (χ2n) is 7.73. The zero-order valence-electron chi connectivity index (χ0n) is 16.2. The molecule has 3 rings (SSSR count). The van der Waals surface area contributed by atoms with E-state index < -0.39 is 15.5 Å². The second kappa shape index (κ2) is 9.43. The summed E-state index contributed by atoms with van der Waals surface area (Å²) >= 11 is 0. The monoisotopic (exact) mass is 422 g/mol. The van der Waals surface area contributed by atoms with Crippen LogP contribution >= 0.6 is 0 Å². The van der Waals surface area contributed by atoms with Crippen LogP contribution in [0.5, 0.6) is 0 Å². The first-order valence-corrected chi connectivity index (χ1v) is 11.1. The molecule has 5 nitrogen and oxygen atoms in total. The molecular weight excluding hydrogens is 393 g/mol. The van der Waals surface area contributed by atoms with Crippen LogP contribution in [0.25, 0.3) is 0 Å². The van der Waals surface area contributed by atoms with Gasteiger partial charge in [-0.1, -0.05) is 37.3 Å². The molecule has 0 unspecified atom stereocenters. The van der Waals surface area contributed by atoms with Crippen LogP contribution in [0.3, 0.4) is 0 Å². The number of fused-ring (bicyclic) bond motifs is 1. The molecule has 1 saturated heterocycles. The molecule has 1 N–H and O–H groups in total. The molecule has 0 radical (unpaired) electrons. The molecule has 1 saturated carbocycles. The highest BCUT2D eigenvalue weighted by Crippen LogP contribution is 2.34. The average molecular weight is 423 g/mol. The molecule has 0 aromatic carbocycles. The van der Waals surface area contributed by atoms with Gasteiger partial charge < -0.3 is 10.1 Å². The van der Waals surface area contributed by atoms with Gasteiger partial charge in [-0.15, -0.1) is 0 Å². The Labute approximate surface area is 165 Å². The molecule has 9 heteroatoms. The van der Waals surface area contributed by atoms with E-state index in [0.29, 0.717) is 22.2 Å². The van der Waals surface area contributed by atoms with Crippen molar-refractivity contribution in [2.24, 2.45) is 5.92 Å². The highest BCUT2D eigenvalue weighted by atomic mass is 32.2. The molecular formula is C19H29F3N2O3S. The first-order chi connectivity index (χ1) is 13.2. The van der Waals surface area contributed by atoms with Gasteiger partial charge in [0.05, 0.1) is 0 Å². The normalized spacial score (nSPS) is 24.6. The highest BCUT2D eigenvalue weighted by Gasteiger charge is 2.51. The quantitative estimate of drug-likeness (QED) is 0.747. The van der Waals surface area contributed by atoms with E-state index >= 15 is 0 Å². The van der Waals surface area contributed by atoms with Gasteiger partial charge >= 0.3 is 15.5 Å². The summed E-state index contributed by atoms with van der Waals surface area (Å²) < 4.78 is 64.2. The van der Waals surface area contributed by atoms with E-state index in [4.69, 9.17) is 4.79 Å². The Hall–Kier alpha value is -1.35. The average Bonchev–Trinajstić information content (AvgIpc) is 3.07. The van der Waals surface area contributed by atoms with Gasteiger partial charge in [-0.05, 0) is 44.1 Å². The molecule has 1 aliphatic heterocycles. The maximum atomic E-state index is 13.1. The van der Waals surface area contributed by atoms with Crippen molar-refractivity contribution in [2.45, 2.75) is 69.8 Å². The summed E-state index contributed by atoms with van der Waals surface area (Å²) in [6.45, 7) is 3.54. The SMILES string of the molecule is C=O.CC1=C2CN(S(=O)(=O)C(F)(F)F)C[C@H](CCC3CCCC3)NC2=CCC1. The fourth-order valence-electron chi connectivity index (χ4n) is 4.28. The van der Waals surface area contributed by atoms with E-state index in [0.717, 1.165) is 30.5 Å². The van der Waals surface area contributed by atoms with Crippen molar-refractivity contribution in [2.75, 3.05) is 13.1 Å². The van der Waals surface area contributed by atoms with Crippen molar-refractivity contribution < 1.29 is 26.4 Å². The number of rotatable bonds is 4. The number of carbonyl (C=O) groups is 1. The lowest BCUT2D eigenvalue weighted by atomic mass is 9.95. The Kier molecular flexibility index (Phi) is 7.73. The molecule has 2 fully saturated rings. The lowest BCUT2D eigenvalue weighted by Gasteiger charge is -2.25. The molecule has 0 amide bonds. The zero-order chi connectivity index (χ0) is 20.9. The summed E-state index contributed by atoms with van der Waals surface area (Å²) in [4.78, 5) is 8.00. The van der Waals surface area contributed by atoms with Crippen LogP contribution in [-0.2, 0) is 14.8 Å². The van der Waals surface area contributed by atoms with Crippen molar-refractivity contribution in [1.82, 2.24) is 9.62 Å². The minimum absolute atomic E-state index is 0.136. The van der Waals surface area contributed by atoms with E-state index in [1.165, 1.54) is 25.7 Å². The van der Waals surface area contributed by atoms with Gasteiger partial charge in [0, 0.05) is 24.8 Å². The molecule has 3 aliphatic rings. The standard InChI is InChI=1S/C18H27F3N2O2S.CH2O/c1-13-5-4-8-17-16(13)12-23(26(24,25)18(19,20)21)11-15(22-17)10-9-14-6-2-3-7-14;1-2/h8,14-15,22H,2-7,9-12H2,1H3;1H2/t15-;/m0./s1. The predicted octanol–water partition coefficient (Wildman–Crippen LogP) is 3.89. The Bertz CT molecular complexity index is 710. The van der Waals surface area contributed by atoms with Crippen LogP contribution < -0.4 is 5.32 Å². The van der Waals surface area contributed by atoms with E-state index in [2.05, 4.69) is 5.32 Å². The third-order valence-electron chi connectivity index (χ3n) is 5.86. The molecule has 1 heterocycles. The summed E-state index contributed by atoms with van der Waals surface area (Å²) in [6, 6.07) is -0.289. The maximum absolute atomic E-state index is 13.1. The number of hydrogen-bond donors (Lipinski definition) is 1. The van der Waals surface area contributed by atoms with Crippen LogP contribution in [0.4, 0.5) is 13.2 Å². The van der Waals surface area contributed by atoms with E-state index in [1.54, 1.807) is 0 Å². The molecule has 28 heavy (non-hydrogen) atoms. The Morgan fingerprint density at radius 1 is 1.21 bits per heavy atom. The van der Waals surface area contributed by atoms with Crippen molar-refractivity contribution in [3.05, 3.63) is 22.9 Å². The van der Waals surface area contributed by atoms with Crippen LogP contribution in [0.15, 0.2) is 22.9 Å². The van der Waals surface area contributed by atoms with E-state index in [-0.39, 0.29) is 19.1 Å². The van der Waals surface area contributed by atoms with Crippen LogP contribution in [0, 0.1) is 5.92 Å². The number of nitrogens with one attached hydrogen (secondary N) is 1. The van der Waals surface area contributed by atoms with Gasteiger partial charge in [0.1, 0.15) is 6.79 Å². The van der Waals surface area contributed by atoms with Crippen molar-refractivity contribution in [1.29, 1.82) is 0 Å². The predicted molar refractivity (Wildman–Crippen MR) is 102 cm³/mol. The zero-order valence-corrected chi connectivity index (χ0v) is 17.0. The summed E-state index contributed by atoms with van der Waals surface area (Å²) in [6.07, 6.45) is 9.99. The number of sulfonamides is 1. The maximum Gasteiger partial charge on any atom is 0.511 e. The number of hydrogen-bond acceptors (Lipinski definition) is 4. The first kappa shape index (κ1) is 22.9. The fraction of sp³-hybridized carbons (Fsp3) is 0.737. The fourth-order valence-corrected chi connectivity index (χ4v) is 5.25. The first-order valence-electron chi connectivity index (χ1n) is 9.69. The third-order valence-corrected chi connectivity index (χ3v) is 7.40. The molecule has 0 spiro atoms. The minimum Gasteiger partial charge on any atom is -0.381 e. The number of carbonyl (C=O) groups excluding carboxylic acids is 1. The molecule has 2 aliphatic carbocycles. The second-order valence-corrected chi connectivity index (χ2v) is 9.66. The largest absolute Gasteiger partial charge is 0.511 e. The number of halogens is 3. The lowest BCUT2D eigenvalue weighted by molar-refractivity contribution is -0.0980. The summed E-state index contributed by atoms with van der Waals surface area (Å²) in [7, 11) is -5.34. The summed E-state index contributed by atoms with van der Waals surface area (Å²) in [5.74, 6) is 0.616. The lowest BCUT2D eigenvalue weighted by Crippen LogP contribution is -2.45. The highest BCUT2D eigenvalue weighted by molar-refractivity contribution is 7.90. The molecule has 0 aromatic rings. The van der Waals surface area contributed by atoms with Gasteiger partial charge in [-0.3, -0.25) is 0 Å². The van der Waals surface area contributed by atoms with Crippen LogP contribution in [0.2, 0.25) is 0 Å². The Morgan fingerprint density at radius 3 is 2.46 bits per heavy atom. The van der Waals surface area contributed by atoms with Crippen LogP contribution in [0.1, 0.15) is 58.3 Å². The molecule has 0 aromatic heterocycles. The molecule has 1 atom stereocenters. The number of allylic oxidation sites excluding steroid dienone is 2. The van der Waals surface area contributed by atoms with Gasteiger partial charge in [-0.2, -0.15) is 17.5 Å². The van der Waals surface area contributed by atoms with Crippen LogP contribution in [-0.4, -0.2) is 44.2 Å². The summed E-state index contributed by atoms with van der Waals surface area (Å²) in [5, 5.41) is 3.36. The van der Waals surface area contributed by atoms with E-state index in [9.17, 15) is 21.6 Å². The molecule has 160 valence electrons. The van der Waals surface area contributed by atoms with Crippen molar-refractivity contribution in [3.8, 4) is 0 Å². The van der Waals surface area contributed by atoms with Gasteiger partial charge in [-0.25, -0.2) is 8.42 Å². The topological polar surface area (TPSA) is 66.5 Å². The Morgan fingerprint density at radius 2 is 1.86 bits per heavy atom. The van der Waals surface area contributed by atoms with E-state index in [1.807, 2.05) is 19.8 Å². The smallest absolute Gasteiger partial charge is 0.381 e. The van der Waals surface area contributed by atoms with Gasteiger partial charge in [0.15, 0.2) is 0 Å². The van der Waals surface area contributed by atoms with Crippen molar-refractivity contribution in [3.63, 3.8) is 0 Å². The summed E-state index contributed by atoms with van der Waals surface area (Å²) in [5.41, 5.74) is -2.77. The number of alkyl halides is 3. The minimum atomic E-state index is -5.34. The van der Waals surface area contributed by atoms with Crippen molar-refractivity contribution >= 4 is 16.8 Å². The van der Waals surface area contributed by atoms with Gasteiger partial charge in [0.25, 0.3) is 0 Å². The molecule has 0 bridgehead atoms. The van der Waals surface area contributed by atoms with Gasteiger partial charge in [0.2, 0.25) is 0 Å². The Balaban J connectivity index is 0.00000136. The number of nitrogens with zero attached hydrogens (tertiary/aromatic N) is 1.